The van der Waals surface area contributed by atoms with Crippen LogP contribution in [0.3, 0.4) is 0 Å². The SMILES string of the molecule is Cc1cc(NC(CN(C)C)C(C)C)c(C(=O)O)c(C)n1. The number of hydrogen-bond donors (Lipinski definition) is 2. The number of aryl methyl sites for hydroxylation is 2. The Hall–Kier alpha value is -1.62. The van der Waals surface area contributed by atoms with Crippen molar-refractivity contribution in [3.63, 3.8) is 0 Å². The molecule has 5 nitrogen and oxygen atoms in total. The van der Waals surface area contributed by atoms with Crippen LogP contribution < -0.4 is 5.32 Å². The predicted octanol–water partition coefficient (Wildman–Crippen LogP) is 2.39. The summed E-state index contributed by atoms with van der Waals surface area (Å²) < 4.78 is 0. The molecule has 0 aliphatic carbocycles. The van der Waals surface area contributed by atoms with E-state index in [1.807, 2.05) is 27.1 Å². The first-order valence-electron chi connectivity index (χ1n) is 6.85. The summed E-state index contributed by atoms with van der Waals surface area (Å²) >= 11 is 0. The summed E-state index contributed by atoms with van der Waals surface area (Å²) in [4.78, 5) is 17.8. The van der Waals surface area contributed by atoms with Crippen LogP contribution in [0.2, 0.25) is 0 Å². The second kappa shape index (κ2) is 6.70. The number of anilines is 1. The van der Waals surface area contributed by atoms with E-state index < -0.39 is 5.97 Å². The van der Waals surface area contributed by atoms with Gasteiger partial charge in [0.15, 0.2) is 0 Å². The highest BCUT2D eigenvalue weighted by Gasteiger charge is 2.20. The summed E-state index contributed by atoms with van der Waals surface area (Å²) in [6.07, 6.45) is 0. The maximum Gasteiger partial charge on any atom is 0.339 e. The van der Waals surface area contributed by atoms with Crippen molar-refractivity contribution >= 4 is 11.7 Å². The van der Waals surface area contributed by atoms with E-state index in [9.17, 15) is 9.90 Å². The van der Waals surface area contributed by atoms with E-state index in [1.165, 1.54) is 0 Å². The van der Waals surface area contributed by atoms with Crippen LogP contribution in [-0.2, 0) is 0 Å². The van der Waals surface area contributed by atoms with Crippen molar-refractivity contribution in [2.24, 2.45) is 5.92 Å². The van der Waals surface area contributed by atoms with Gasteiger partial charge in [-0.1, -0.05) is 13.8 Å². The minimum absolute atomic E-state index is 0.185. The first-order chi connectivity index (χ1) is 9.22. The van der Waals surface area contributed by atoms with Crippen LogP contribution in [-0.4, -0.2) is 47.6 Å². The largest absolute Gasteiger partial charge is 0.478 e. The molecule has 20 heavy (non-hydrogen) atoms. The topological polar surface area (TPSA) is 65.5 Å². The number of carboxylic acids is 1. The zero-order valence-corrected chi connectivity index (χ0v) is 13.2. The molecule has 1 heterocycles. The number of rotatable bonds is 6. The molecule has 1 aromatic rings. The fourth-order valence-electron chi connectivity index (χ4n) is 2.23. The highest BCUT2D eigenvalue weighted by Crippen LogP contribution is 2.22. The fourth-order valence-corrected chi connectivity index (χ4v) is 2.23. The smallest absolute Gasteiger partial charge is 0.339 e. The molecule has 112 valence electrons. The fraction of sp³-hybridized carbons (Fsp3) is 0.600. The van der Waals surface area contributed by atoms with Crippen molar-refractivity contribution in [1.82, 2.24) is 9.88 Å². The zero-order valence-electron chi connectivity index (χ0n) is 13.2. The molecule has 1 atom stereocenters. The van der Waals surface area contributed by atoms with Crippen molar-refractivity contribution in [3.05, 3.63) is 23.0 Å². The average Bonchev–Trinajstić information content (AvgIpc) is 2.25. The number of carbonyl (C=O) groups is 1. The quantitative estimate of drug-likeness (QED) is 0.837. The Kier molecular flexibility index (Phi) is 5.51. The third-order valence-corrected chi connectivity index (χ3v) is 3.25. The molecule has 1 unspecified atom stereocenters. The Morgan fingerprint density at radius 1 is 1.40 bits per heavy atom. The number of aromatic carboxylic acids is 1. The molecule has 0 aliphatic heterocycles. The van der Waals surface area contributed by atoms with Crippen LogP contribution in [0, 0.1) is 19.8 Å². The lowest BCUT2D eigenvalue weighted by Crippen LogP contribution is -2.37. The van der Waals surface area contributed by atoms with E-state index in [0.717, 1.165) is 12.2 Å². The van der Waals surface area contributed by atoms with Crippen LogP contribution in [0.15, 0.2) is 6.07 Å². The van der Waals surface area contributed by atoms with Gasteiger partial charge in [0.1, 0.15) is 5.56 Å². The van der Waals surface area contributed by atoms with Gasteiger partial charge in [-0.2, -0.15) is 0 Å². The molecular weight excluding hydrogens is 254 g/mol. The van der Waals surface area contributed by atoms with E-state index in [4.69, 9.17) is 0 Å². The van der Waals surface area contributed by atoms with Crippen molar-refractivity contribution in [2.45, 2.75) is 33.7 Å². The van der Waals surface area contributed by atoms with E-state index in [-0.39, 0.29) is 11.6 Å². The molecule has 0 aromatic carbocycles. The zero-order chi connectivity index (χ0) is 15.4. The molecule has 0 amide bonds. The molecule has 2 N–H and O–H groups in total. The number of aromatic nitrogens is 1. The van der Waals surface area contributed by atoms with E-state index in [2.05, 4.69) is 29.0 Å². The van der Waals surface area contributed by atoms with Gasteiger partial charge in [-0.15, -0.1) is 0 Å². The molecule has 1 rings (SSSR count). The molecule has 0 saturated carbocycles. The van der Waals surface area contributed by atoms with Crippen LogP contribution in [0.1, 0.15) is 35.6 Å². The van der Waals surface area contributed by atoms with E-state index in [0.29, 0.717) is 17.3 Å². The molecular formula is C15H25N3O2. The Morgan fingerprint density at radius 2 is 2.00 bits per heavy atom. The molecule has 0 bridgehead atoms. The van der Waals surface area contributed by atoms with Gasteiger partial charge in [0.2, 0.25) is 0 Å². The van der Waals surface area contributed by atoms with Crippen LogP contribution >= 0.6 is 0 Å². The van der Waals surface area contributed by atoms with Gasteiger partial charge in [0.05, 0.1) is 11.4 Å². The molecule has 0 saturated heterocycles. The molecule has 0 radical (unpaired) electrons. The highest BCUT2D eigenvalue weighted by molar-refractivity contribution is 5.95. The lowest BCUT2D eigenvalue weighted by Gasteiger charge is -2.27. The Bertz CT molecular complexity index is 484. The summed E-state index contributed by atoms with van der Waals surface area (Å²) in [6.45, 7) is 8.71. The minimum Gasteiger partial charge on any atom is -0.478 e. The van der Waals surface area contributed by atoms with Crippen molar-refractivity contribution in [1.29, 1.82) is 0 Å². The Morgan fingerprint density at radius 3 is 2.45 bits per heavy atom. The second-order valence-electron chi connectivity index (χ2n) is 5.83. The van der Waals surface area contributed by atoms with Gasteiger partial charge in [-0.05, 0) is 39.9 Å². The van der Waals surface area contributed by atoms with Gasteiger partial charge in [0.25, 0.3) is 0 Å². The summed E-state index contributed by atoms with van der Waals surface area (Å²) in [5, 5.41) is 12.8. The molecule has 0 spiro atoms. The third kappa shape index (κ3) is 4.20. The number of pyridine rings is 1. The predicted molar refractivity (Wildman–Crippen MR) is 81.5 cm³/mol. The van der Waals surface area contributed by atoms with Gasteiger partial charge in [-0.3, -0.25) is 4.98 Å². The molecule has 0 aliphatic rings. The number of hydrogen-bond acceptors (Lipinski definition) is 4. The van der Waals surface area contributed by atoms with Gasteiger partial charge < -0.3 is 15.3 Å². The molecule has 0 fully saturated rings. The number of nitrogens with zero attached hydrogens (tertiary/aromatic N) is 2. The average molecular weight is 279 g/mol. The van der Waals surface area contributed by atoms with E-state index >= 15 is 0 Å². The van der Waals surface area contributed by atoms with Crippen molar-refractivity contribution in [2.75, 3.05) is 26.0 Å². The first kappa shape index (κ1) is 16.4. The van der Waals surface area contributed by atoms with Crippen LogP contribution in [0.25, 0.3) is 0 Å². The van der Waals surface area contributed by atoms with Crippen LogP contribution in [0.5, 0.6) is 0 Å². The lowest BCUT2D eigenvalue weighted by molar-refractivity contribution is 0.0696. The minimum atomic E-state index is -0.940. The standard InChI is InChI=1S/C15H25N3O2/c1-9(2)13(8-18(5)6)17-12-7-10(3)16-11(4)14(12)15(19)20/h7,9,13H,8H2,1-6H3,(H,16,17)(H,19,20). The van der Waals surface area contributed by atoms with Gasteiger partial charge in [-0.25, -0.2) is 4.79 Å². The van der Waals surface area contributed by atoms with Gasteiger partial charge in [0, 0.05) is 18.3 Å². The summed E-state index contributed by atoms with van der Waals surface area (Å²) in [5.41, 5.74) is 2.29. The van der Waals surface area contributed by atoms with Crippen molar-refractivity contribution < 1.29 is 9.90 Å². The van der Waals surface area contributed by atoms with Crippen LogP contribution in [0.4, 0.5) is 5.69 Å². The molecule has 1 aromatic heterocycles. The first-order valence-corrected chi connectivity index (χ1v) is 6.85. The monoisotopic (exact) mass is 279 g/mol. The van der Waals surface area contributed by atoms with Crippen molar-refractivity contribution in [3.8, 4) is 0 Å². The summed E-state index contributed by atoms with van der Waals surface area (Å²) in [5.74, 6) is -0.544. The van der Waals surface area contributed by atoms with E-state index in [1.54, 1.807) is 6.92 Å². The normalized spacial score (nSPS) is 12.8. The third-order valence-electron chi connectivity index (χ3n) is 3.25. The number of nitrogens with one attached hydrogen (secondary N) is 1. The number of likely N-dealkylation sites (N-methyl/N-ethyl adjacent to an activating group) is 1. The summed E-state index contributed by atoms with van der Waals surface area (Å²) in [6, 6.07) is 1.99. The number of carboxylic acid groups (broad SMARTS) is 1. The Balaban J connectivity index is 3.14. The molecule has 5 heteroatoms. The second-order valence-corrected chi connectivity index (χ2v) is 5.83. The summed E-state index contributed by atoms with van der Waals surface area (Å²) in [7, 11) is 4.02. The lowest BCUT2D eigenvalue weighted by atomic mass is 10.0. The maximum absolute atomic E-state index is 11.4. The maximum atomic E-state index is 11.4. The Labute approximate surface area is 121 Å². The van der Waals surface area contributed by atoms with Gasteiger partial charge >= 0.3 is 5.97 Å². The highest BCUT2D eigenvalue weighted by atomic mass is 16.4.